The summed E-state index contributed by atoms with van der Waals surface area (Å²) in [6.07, 6.45) is 0. The Morgan fingerprint density at radius 3 is 2.19 bits per heavy atom. The fourth-order valence-corrected chi connectivity index (χ4v) is 4.35. The molecule has 152 valence electrons. The lowest BCUT2D eigenvalue weighted by Gasteiger charge is -2.28. The number of aliphatic hydroxyl groups is 1. The second-order valence-corrected chi connectivity index (χ2v) is 9.31. The Labute approximate surface area is 183 Å². The maximum Gasteiger partial charge on any atom is 0.732 e. The molecular weight excluding hydrogens is 381 g/mol. The fraction of sp³-hybridized carbons (Fsp3) is 0.222. The summed E-state index contributed by atoms with van der Waals surface area (Å²) in [5.41, 5.74) is 2.98. The SMILES string of the molecule is CC1(C)OB(c2cc(C#N)cc(-c3cc4ccccc4c4ccccc34)c2)[OH+]C1(C)C. The van der Waals surface area contributed by atoms with Crippen molar-refractivity contribution in [1.29, 1.82) is 5.26 Å². The number of hydrogen-bond donors (Lipinski definition) is 0. The lowest BCUT2D eigenvalue weighted by molar-refractivity contribution is -0.0705. The van der Waals surface area contributed by atoms with Gasteiger partial charge < -0.3 is 9.31 Å². The van der Waals surface area contributed by atoms with Crippen molar-refractivity contribution < 1.29 is 9.31 Å². The van der Waals surface area contributed by atoms with Crippen LogP contribution < -0.4 is 5.46 Å². The monoisotopic (exact) mass is 406 g/mol. The van der Waals surface area contributed by atoms with Gasteiger partial charge in [-0.3, -0.25) is 0 Å². The molecule has 0 amide bonds. The molecule has 0 spiro atoms. The van der Waals surface area contributed by atoms with E-state index in [4.69, 9.17) is 9.31 Å². The first-order valence-electron chi connectivity index (χ1n) is 10.6. The Bertz CT molecular complexity index is 1350. The van der Waals surface area contributed by atoms with E-state index in [-0.39, 0.29) is 18.3 Å². The van der Waals surface area contributed by atoms with E-state index in [0.29, 0.717) is 5.56 Å². The molecule has 5 rings (SSSR count). The van der Waals surface area contributed by atoms with Crippen LogP contribution in [0.15, 0.2) is 72.8 Å². The normalized spacial score (nSPS) is 17.2. The van der Waals surface area contributed by atoms with Crippen molar-refractivity contribution in [3.63, 3.8) is 0 Å². The third kappa shape index (κ3) is 3.22. The van der Waals surface area contributed by atoms with Gasteiger partial charge in [-0.05, 0) is 70.8 Å². The van der Waals surface area contributed by atoms with Crippen molar-refractivity contribution in [2.24, 2.45) is 0 Å². The van der Waals surface area contributed by atoms with E-state index in [1.54, 1.807) is 0 Å². The van der Waals surface area contributed by atoms with Crippen LogP contribution in [-0.2, 0) is 4.65 Å². The molecule has 1 fully saturated rings. The highest BCUT2D eigenvalue weighted by Gasteiger charge is 2.59. The first-order chi connectivity index (χ1) is 14.8. The van der Waals surface area contributed by atoms with Crippen LogP contribution >= 0.6 is 0 Å². The van der Waals surface area contributed by atoms with Crippen LogP contribution in [0.3, 0.4) is 0 Å². The van der Waals surface area contributed by atoms with Crippen molar-refractivity contribution in [3.05, 3.63) is 78.4 Å². The van der Waals surface area contributed by atoms with Gasteiger partial charge in [-0.2, -0.15) is 5.26 Å². The summed E-state index contributed by atoms with van der Waals surface area (Å²) in [5, 5.41) is 14.5. The highest BCUT2D eigenvalue weighted by Crippen LogP contribution is 2.37. The number of nitriles is 1. The second kappa shape index (κ2) is 6.95. The summed E-state index contributed by atoms with van der Waals surface area (Å²) in [6, 6.07) is 27.4. The fourth-order valence-electron chi connectivity index (χ4n) is 4.35. The van der Waals surface area contributed by atoms with E-state index in [1.165, 1.54) is 21.5 Å². The average Bonchev–Trinajstić information content (AvgIpc) is 2.99. The smallest absolute Gasteiger partial charge is 0.505 e. The minimum Gasteiger partial charge on any atom is -0.505 e. The zero-order chi connectivity index (χ0) is 21.8. The molecule has 4 heteroatoms. The highest BCUT2D eigenvalue weighted by atomic mass is 16.7. The van der Waals surface area contributed by atoms with Crippen LogP contribution in [0, 0.1) is 11.3 Å². The first-order valence-corrected chi connectivity index (χ1v) is 10.6. The molecule has 31 heavy (non-hydrogen) atoms. The molecule has 0 bridgehead atoms. The molecule has 1 aliphatic rings. The minimum atomic E-state index is -0.385. The van der Waals surface area contributed by atoms with Crippen LogP contribution in [-0.4, -0.2) is 23.0 Å². The maximum absolute atomic E-state index is 9.75. The Morgan fingerprint density at radius 1 is 0.839 bits per heavy atom. The Balaban J connectivity index is 1.72. The van der Waals surface area contributed by atoms with Gasteiger partial charge in [0.1, 0.15) is 5.60 Å². The van der Waals surface area contributed by atoms with Crippen molar-refractivity contribution in [3.8, 4) is 17.2 Å². The number of hydrogen-bond acceptors (Lipinski definition) is 2. The van der Waals surface area contributed by atoms with E-state index >= 15 is 0 Å². The van der Waals surface area contributed by atoms with Crippen LogP contribution in [0.4, 0.5) is 0 Å². The van der Waals surface area contributed by atoms with Gasteiger partial charge in [0.2, 0.25) is 0 Å². The predicted molar refractivity (Wildman–Crippen MR) is 128 cm³/mol. The molecular formula is C27H25BNO2+. The predicted octanol–water partition coefficient (Wildman–Crippen LogP) is 5.34. The van der Waals surface area contributed by atoms with Gasteiger partial charge in [-0.25, -0.2) is 0 Å². The summed E-state index contributed by atoms with van der Waals surface area (Å²) >= 11 is 0. The van der Waals surface area contributed by atoms with Crippen molar-refractivity contribution in [2.75, 3.05) is 0 Å². The van der Waals surface area contributed by atoms with E-state index in [1.807, 2.05) is 12.1 Å². The quantitative estimate of drug-likeness (QED) is 0.256. The maximum atomic E-state index is 9.75. The molecule has 0 saturated carbocycles. The summed E-state index contributed by atoms with van der Waals surface area (Å²) in [4.78, 5) is 0. The van der Waals surface area contributed by atoms with Crippen molar-refractivity contribution >= 4 is 34.1 Å². The van der Waals surface area contributed by atoms with E-state index in [2.05, 4.69) is 94.4 Å². The minimum absolute atomic E-state index is 0.309. The van der Waals surface area contributed by atoms with Gasteiger partial charge in [0.25, 0.3) is 0 Å². The molecule has 0 radical (unpaired) electrons. The number of fused-ring (bicyclic) bond motifs is 3. The molecule has 1 N–H and O–H groups in total. The van der Waals surface area contributed by atoms with Gasteiger partial charge >= 0.3 is 7.12 Å². The molecule has 4 aromatic rings. The summed E-state index contributed by atoms with van der Waals surface area (Å²) in [5.74, 6) is 0. The highest BCUT2D eigenvalue weighted by molar-refractivity contribution is 6.61. The molecule has 1 aliphatic heterocycles. The topological polar surface area (TPSA) is 45.8 Å². The van der Waals surface area contributed by atoms with Gasteiger partial charge in [0, 0.05) is 13.8 Å². The van der Waals surface area contributed by atoms with Crippen LogP contribution in [0.2, 0.25) is 0 Å². The summed E-state index contributed by atoms with van der Waals surface area (Å²) in [7, 11) is -0.385. The number of nitrogens with zero attached hydrogens (tertiary/aromatic N) is 1. The molecule has 1 saturated heterocycles. The van der Waals surface area contributed by atoms with Gasteiger partial charge in [0.15, 0.2) is 5.60 Å². The third-order valence-corrected chi connectivity index (χ3v) is 6.77. The second-order valence-electron chi connectivity index (χ2n) is 9.31. The average molecular weight is 406 g/mol. The van der Waals surface area contributed by atoms with Crippen LogP contribution in [0.25, 0.3) is 32.7 Å². The molecule has 1 heterocycles. The Morgan fingerprint density at radius 2 is 1.52 bits per heavy atom. The van der Waals surface area contributed by atoms with Crippen molar-refractivity contribution in [1.82, 2.24) is 0 Å². The molecule has 0 unspecified atom stereocenters. The zero-order valence-electron chi connectivity index (χ0n) is 18.3. The first kappa shape index (κ1) is 19.8. The zero-order valence-corrected chi connectivity index (χ0v) is 18.3. The lowest BCUT2D eigenvalue weighted by atomic mass is 9.76. The molecule has 4 aromatic carbocycles. The largest absolute Gasteiger partial charge is 0.732 e. The van der Waals surface area contributed by atoms with Crippen LogP contribution in [0.5, 0.6) is 0 Å². The van der Waals surface area contributed by atoms with E-state index in [0.717, 1.165) is 16.6 Å². The lowest BCUT2D eigenvalue weighted by Crippen LogP contribution is -2.43. The van der Waals surface area contributed by atoms with Gasteiger partial charge in [0.05, 0.1) is 17.1 Å². The molecule has 3 nitrogen and oxygen atoms in total. The summed E-state index contributed by atoms with van der Waals surface area (Å²) < 4.78 is 11.3. The third-order valence-electron chi connectivity index (χ3n) is 6.77. The van der Waals surface area contributed by atoms with Gasteiger partial charge in [-0.1, -0.05) is 48.5 Å². The molecule has 0 atom stereocenters. The van der Waals surface area contributed by atoms with Crippen LogP contribution in [0.1, 0.15) is 33.3 Å². The number of rotatable bonds is 2. The molecule has 0 aromatic heterocycles. The molecule has 0 aliphatic carbocycles. The van der Waals surface area contributed by atoms with Crippen molar-refractivity contribution in [2.45, 2.75) is 38.9 Å². The van der Waals surface area contributed by atoms with E-state index < -0.39 is 0 Å². The van der Waals surface area contributed by atoms with E-state index in [9.17, 15) is 5.26 Å². The summed E-state index contributed by atoms with van der Waals surface area (Å²) in [6.45, 7) is 8.34. The number of benzene rings is 4. The Kier molecular flexibility index (Phi) is 4.44. The Hall–Kier alpha value is -3.13. The standard InChI is InChI=1S/C27H24BNO2/c1-26(2)27(3,4)31-28(30-26)21-14-18(17-29)13-20(15-21)25-16-19-9-5-6-10-22(19)23-11-7-8-12-24(23)25/h5-16H,1-4H3/p+1. The van der Waals surface area contributed by atoms with Gasteiger partial charge in [-0.15, -0.1) is 0 Å².